The first-order valence-corrected chi connectivity index (χ1v) is 11.1. The van der Waals surface area contributed by atoms with Gasteiger partial charge in [-0.1, -0.05) is 12.1 Å². The number of carbonyl (C=O) groups is 2. The number of nitrogens with zero attached hydrogens (tertiary/aromatic N) is 3. The molecule has 1 fully saturated rings. The maximum Gasteiger partial charge on any atom is 0.295 e. The van der Waals surface area contributed by atoms with Crippen LogP contribution in [-0.4, -0.2) is 74.5 Å². The molecule has 1 saturated heterocycles. The second-order valence-corrected chi connectivity index (χ2v) is 8.70. The Labute approximate surface area is 195 Å². The van der Waals surface area contributed by atoms with E-state index in [1.807, 2.05) is 76.1 Å². The lowest BCUT2D eigenvalue weighted by atomic mass is 9.94. The Morgan fingerprint density at radius 1 is 1.06 bits per heavy atom. The van der Waals surface area contributed by atoms with Crippen molar-refractivity contribution in [1.82, 2.24) is 9.80 Å². The summed E-state index contributed by atoms with van der Waals surface area (Å²) < 4.78 is 5.59. The summed E-state index contributed by atoms with van der Waals surface area (Å²) in [5.41, 5.74) is 3.22. The monoisotopic (exact) mass is 451 g/mol. The highest BCUT2D eigenvalue weighted by Crippen LogP contribution is 2.40. The van der Waals surface area contributed by atoms with Crippen molar-refractivity contribution in [3.8, 4) is 5.75 Å². The molecule has 0 aromatic heterocycles. The number of aliphatic hydroxyl groups is 1. The average molecular weight is 452 g/mol. The number of ketones is 1. The van der Waals surface area contributed by atoms with E-state index in [2.05, 4.69) is 0 Å². The van der Waals surface area contributed by atoms with E-state index in [9.17, 15) is 14.7 Å². The standard InChI is InChI=1S/C26H33N3O4/c1-7-33-21-13-10-19(16-17(21)2)24(30)22-23(18-8-11-20(12-9-18)28(5)6)29(15-14-27(3)4)26(32)25(22)31/h8-13,16,23,30H,7,14-15H2,1-6H3/t23-/m1/s1. The average Bonchev–Trinajstić information content (AvgIpc) is 3.03. The molecule has 7 heteroatoms. The van der Waals surface area contributed by atoms with Crippen molar-refractivity contribution in [2.75, 3.05) is 52.8 Å². The van der Waals surface area contributed by atoms with Crippen LogP contribution in [0.15, 0.2) is 48.0 Å². The van der Waals surface area contributed by atoms with Gasteiger partial charge >= 0.3 is 0 Å². The van der Waals surface area contributed by atoms with E-state index in [1.165, 1.54) is 0 Å². The molecule has 0 radical (unpaired) electrons. The lowest BCUT2D eigenvalue weighted by Gasteiger charge is -2.27. The van der Waals surface area contributed by atoms with Gasteiger partial charge in [-0.25, -0.2) is 0 Å². The number of benzene rings is 2. The molecule has 7 nitrogen and oxygen atoms in total. The Kier molecular flexibility index (Phi) is 7.43. The van der Waals surface area contributed by atoms with E-state index < -0.39 is 17.7 Å². The molecule has 0 unspecified atom stereocenters. The van der Waals surface area contributed by atoms with Gasteiger partial charge in [0, 0.05) is 38.4 Å². The highest BCUT2D eigenvalue weighted by atomic mass is 16.5. The molecule has 0 saturated carbocycles. The van der Waals surface area contributed by atoms with Crippen LogP contribution in [0.3, 0.4) is 0 Å². The first-order valence-electron chi connectivity index (χ1n) is 11.1. The minimum Gasteiger partial charge on any atom is -0.507 e. The molecular formula is C26H33N3O4. The molecule has 2 aromatic rings. The fourth-order valence-corrected chi connectivity index (χ4v) is 3.99. The van der Waals surface area contributed by atoms with Gasteiger partial charge in [-0.3, -0.25) is 9.59 Å². The third-order valence-corrected chi connectivity index (χ3v) is 5.80. The van der Waals surface area contributed by atoms with Gasteiger partial charge in [0.2, 0.25) is 0 Å². The van der Waals surface area contributed by atoms with Crippen molar-refractivity contribution in [2.24, 2.45) is 0 Å². The fraction of sp³-hybridized carbons (Fsp3) is 0.385. The number of hydrogen-bond donors (Lipinski definition) is 1. The van der Waals surface area contributed by atoms with Crippen LogP contribution in [0.4, 0.5) is 5.69 Å². The summed E-state index contributed by atoms with van der Waals surface area (Å²) in [6.45, 7) is 5.30. The van der Waals surface area contributed by atoms with Crippen molar-refractivity contribution in [3.05, 3.63) is 64.7 Å². The largest absolute Gasteiger partial charge is 0.507 e. The Morgan fingerprint density at radius 2 is 1.73 bits per heavy atom. The highest BCUT2D eigenvalue weighted by Gasteiger charge is 2.45. The minimum absolute atomic E-state index is 0.111. The van der Waals surface area contributed by atoms with Gasteiger partial charge in [-0.2, -0.15) is 0 Å². The van der Waals surface area contributed by atoms with Gasteiger partial charge in [0.25, 0.3) is 11.7 Å². The lowest BCUT2D eigenvalue weighted by Crippen LogP contribution is -2.35. The Hall–Kier alpha value is -3.32. The normalized spacial score (nSPS) is 17.7. The van der Waals surface area contributed by atoms with Crippen LogP contribution in [0.2, 0.25) is 0 Å². The van der Waals surface area contributed by atoms with Crippen LogP contribution in [0, 0.1) is 6.92 Å². The molecule has 0 spiro atoms. The number of aliphatic hydroxyl groups excluding tert-OH is 1. The molecule has 3 rings (SSSR count). The van der Waals surface area contributed by atoms with Crippen molar-refractivity contribution in [2.45, 2.75) is 19.9 Å². The number of aryl methyl sites for hydroxylation is 1. The smallest absolute Gasteiger partial charge is 0.295 e. The van der Waals surface area contributed by atoms with E-state index in [0.717, 1.165) is 22.6 Å². The number of anilines is 1. The van der Waals surface area contributed by atoms with Crippen LogP contribution in [0.5, 0.6) is 5.75 Å². The lowest BCUT2D eigenvalue weighted by molar-refractivity contribution is -0.140. The number of carbonyl (C=O) groups excluding carboxylic acids is 2. The van der Waals surface area contributed by atoms with Crippen LogP contribution < -0.4 is 9.64 Å². The first-order chi connectivity index (χ1) is 15.6. The van der Waals surface area contributed by atoms with E-state index in [0.29, 0.717) is 25.3 Å². The highest BCUT2D eigenvalue weighted by molar-refractivity contribution is 6.46. The molecule has 1 heterocycles. The molecule has 33 heavy (non-hydrogen) atoms. The summed E-state index contributed by atoms with van der Waals surface area (Å²) in [4.78, 5) is 31.6. The molecule has 0 aliphatic carbocycles. The van der Waals surface area contributed by atoms with Gasteiger partial charge in [0.15, 0.2) is 0 Å². The van der Waals surface area contributed by atoms with Crippen molar-refractivity contribution in [1.29, 1.82) is 0 Å². The quantitative estimate of drug-likeness (QED) is 0.377. The third kappa shape index (κ3) is 5.03. The summed E-state index contributed by atoms with van der Waals surface area (Å²) in [6, 6.07) is 12.3. The number of amides is 1. The van der Waals surface area contributed by atoms with Crippen molar-refractivity contribution in [3.63, 3.8) is 0 Å². The number of Topliss-reactive ketones (excluding diaryl/α,β-unsaturated/α-hetero) is 1. The maximum atomic E-state index is 13.1. The van der Waals surface area contributed by atoms with Gasteiger partial charge in [-0.05, 0) is 69.4 Å². The Bertz CT molecular complexity index is 1060. The first kappa shape index (κ1) is 24.3. The van der Waals surface area contributed by atoms with Gasteiger partial charge in [0.1, 0.15) is 11.5 Å². The summed E-state index contributed by atoms with van der Waals surface area (Å²) in [7, 11) is 7.74. The molecule has 1 aliphatic heterocycles. The molecule has 1 aliphatic rings. The zero-order valence-corrected chi connectivity index (χ0v) is 20.3. The van der Waals surface area contributed by atoms with Gasteiger partial charge in [0.05, 0.1) is 18.2 Å². The van der Waals surface area contributed by atoms with Crippen LogP contribution >= 0.6 is 0 Å². The van der Waals surface area contributed by atoms with Crippen molar-refractivity contribution >= 4 is 23.1 Å². The van der Waals surface area contributed by atoms with Crippen LogP contribution in [0.1, 0.15) is 29.7 Å². The molecule has 2 aromatic carbocycles. The number of rotatable bonds is 8. The number of likely N-dealkylation sites (N-methyl/N-ethyl adjacent to an activating group) is 1. The molecule has 0 bridgehead atoms. The second-order valence-electron chi connectivity index (χ2n) is 8.70. The number of ether oxygens (including phenoxy) is 1. The Morgan fingerprint density at radius 3 is 2.27 bits per heavy atom. The van der Waals surface area contributed by atoms with Crippen LogP contribution in [-0.2, 0) is 9.59 Å². The Balaban J connectivity index is 2.12. The summed E-state index contributed by atoms with van der Waals surface area (Å²) in [5.74, 6) is -0.716. The molecule has 1 N–H and O–H groups in total. The molecule has 176 valence electrons. The maximum absolute atomic E-state index is 13.1. The van der Waals surface area contributed by atoms with E-state index in [1.54, 1.807) is 23.1 Å². The predicted octanol–water partition coefficient (Wildman–Crippen LogP) is 3.44. The molecular weight excluding hydrogens is 418 g/mol. The zero-order valence-electron chi connectivity index (χ0n) is 20.3. The SMILES string of the molecule is CCOc1ccc(C(O)=C2C(=O)C(=O)N(CCN(C)C)[C@@H]2c2ccc(N(C)C)cc2)cc1C. The van der Waals surface area contributed by atoms with E-state index in [-0.39, 0.29) is 11.3 Å². The number of hydrogen-bond acceptors (Lipinski definition) is 6. The summed E-state index contributed by atoms with van der Waals surface area (Å²) >= 11 is 0. The fourth-order valence-electron chi connectivity index (χ4n) is 3.99. The second kappa shape index (κ2) is 10.1. The summed E-state index contributed by atoms with van der Waals surface area (Å²) in [6.07, 6.45) is 0. The predicted molar refractivity (Wildman–Crippen MR) is 131 cm³/mol. The summed E-state index contributed by atoms with van der Waals surface area (Å²) in [5, 5.41) is 11.2. The van der Waals surface area contributed by atoms with Crippen LogP contribution in [0.25, 0.3) is 5.76 Å². The molecule has 1 atom stereocenters. The zero-order chi connectivity index (χ0) is 24.3. The van der Waals surface area contributed by atoms with Gasteiger partial charge < -0.3 is 24.5 Å². The van der Waals surface area contributed by atoms with Gasteiger partial charge in [-0.15, -0.1) is 0 Å². The topological polar surface area (TPSA) is 73.3 Å². The van der Waals surface area contributed by atoms with E-state index >= 15 is 0 Å². The molecule has 1 amide bonds. The van der Waals surface area contributed by atoms with E-state index in [4.69, 9.17) is 4.74 Å². The number of likely N-dealkylation sites (tertiary alicyclic amines) is 1. The minimum atomic E-state index is -0.667. The third-order valence-electron chi connectivity index (χ3n) is 5.80. The van der Waals surface area contributed by atoms with Crippen molar-refractivity contribution < 1.29 is 19.4 Å².